The number of hydrogen-bond acceptors (Lipinski definition) is 1. The molecule has 0 aromatic heterocycles. The molecule has 0 aliphatic rings. The van der Waals surface area contributed by atoms with E-state index in [1.807, 2.05) is 0 Å². The Kier molecular flexibility index (Phi) is 4.25. The zero-order chi connectivity index (χ0) is 13.2. The van der Waals surface area contributed by atoms with Gasteiger partial charge in [-0.25, -0.2) is 8.78 Å². The maximum atomic E-state index is 13.4. The summed E-state index contributed by atoms with van der Waals surface area (Å²) in [6, 6.07) is 1.94. The van der Waals surface area contributed by atoms with E-state index in [4.69, 9.17) is 0 Å². The largest absolute Gasteiger partial charge is 0.346 e. The van der Waals surface area contributed by atoms with Crippen molar-refractivity contribution in [1.29, 1.82) is 0 Å². The highest BCUT2D eigenvalue weighted by atomic mass is 79.9. The fourth-order valence-corrected chi connectivity index (χ4v) is 1.38. The number of carbonyl (C=O) groups excluding carboxylic acids is 1. The minimum Gasteiger partial charge on any atom is -0.346 e. The first-order valence-electron chi connectivity index (χ1n) is 5.11. The Morgan fingerprint density at radius 3 is 2.47 bits per heavy atom. The normalized spacial score (nSPS) is 11.4. The minimum atomic E-state index is -0.851. The smallest absolute Gasteiger partial charge is 0.254 e. The van der Waals surface area contributed by atoms with Crippen LogP contribution >= 0.6 is 15.9 Å². The number of nitrogens with one attached hydrogen (secondary N) is 1. The topological polar surface area (TPSA) is 29.1 Å². The van der Waals surface area contributed by atoms with Crippen LogP contribution in [0, 0.1) is 18.6 Å². The predicted molar refractivity (Wildman–Crippen MR) is 66.4 cm³/mol. The summed E-state index contributed by atoms with van der Waals surface area (Å²) < 4.78 is 26.5. The number of rotatable bonds is 3. The monoisotopic (exact) mass is 305 g/mol. The van der Waals surface area contributed by atoms with Crippen molar-refractivity contribution in [3.8, 4) is 0 Å². The van der Waals surface area contributed by atoms with E-state index in [-0.39, 0.29) is 11.1 Å². The molecule has 0 fully saturated rings. The Labute approximate surface area is 108 Å². The van der Waals surface area contributed by atoms with Crippen LogP contribution in [0.5, 0.6) is 0 Å². The third-order valence-corrected chi connectivity index (χ3v) is 3.68. The molecule has 0 saturated carbocycles. The summed E-state index contributed by atoms with van der Waals surface area (Å²) in [4.78, 5) is 11.8. The number of benzene rings is 1. The highest BCUT2D eigenvalue weighted by Crippen LogP contribution is 2.15. The molecule has 5 heteroatoms. The van der Waals surface area contributed by atoms with Crippen molar-refractivity contribution in [2.45, 2.75) is 26.3 Å². The van der Waals surface area contributed by atoms with E-state index in [1.54, 1.807) is 13.8 Å². The maximum absolute atomic E-state index is 13.4. The molecule has 1 rings (SSSR count). The molecule has 0 heterocycles. The minimum absolute atomic E-state index is 0.141. The Hall–Kier alpha value is -0.970. The molecule has 2 nitrogen and oxygen atoms in total. The van der Waals surface area contributed by atoms with Gasteiger partial charge in [0.15, 0.2) is 0 Å². The van der Waals surface area contributed by atoms with E-state index in [0.717, 1.165) is 6.07 Å². The SMILES string of the molecule is Cc1cc(C(=O)NC(C)(C)CBr)c(F)cc1F. The van der Waals surface area contributed by atoms with Crippen molar-refractivity contribution in [3.63, 3.8) is 0 Å². The first-order chi connectivity index (χ1) is 7.76. The average molecular weight is 306 g/mol. The molecular formula is C12H14BrF2NO. The lowest BCUT2D eigenvalue weighted by molar-refractivity contribution is 0.0917. The van der Waals surface area contributed by atoms with Crippen molar-refractivity contribution in [3.05, 3.63) is 34.9 Å². The van der Waals surface area contributed by atoms with Crippen molar-refractivity contribution >= 4 is 21.8 Å². The number of hydrogen-bond donors (Lipinski definition) is 1. The van der Waals surface area contributed by atoms with Crippen molar-refractivity contribution in [1.82, 2.24) is 5.32 Å². The Morgan fingerprint density at radius 1 is 1.35 bits per heavy atom. The van der Waals surface area contributed by atoms with Gasteiger partial charge in [0.1, 0.15) is 11.6 Å². The van der Waals surface area contributed by atoms with Gasteiger partial charge >= 0.3 is 0 Å². The maximum Gasteiger partial charge on any atom is 0.254 e. The zero-order valence-corrected chi connectivity index (χ0v) is 11.5. The molecule has 1 aromatic rings. The van der Waals surface area contributed by atoms with Gasteiger partial charge in [-0.3, -0.25) is 4.79 Å². The van der Waals surface area contributed by atoms with Gasteiger partial charge in [-0.1, -0.05) is 15.9 Å². The van der Waals surface area contributed by atoms with Gasteiger partial charge in [0.25, 0.3) is 5.91 Å². The van der Waals surface area contributed by atoms with Gasteiger partial charge in [0.2, 0.25) is 0 Å². The van der Waals surface area contributed by atoms with Crippen LogP contribution in [0.3, 0.4) is 0 Å². The molecule has 1 aromatic carbocycles. The lowest BCUT2D eigenvalue weighted by atomic mass is 10.1. The van der Waals surface area contributed by atoms with E-state index < -0.39 is 23.1 Å². The highest BCUT2D eigenvalue weighted by molar-refractivity contribution is 9.09. The van der Waals surface area contributed by atoms with Gasteiger partial charge in [0, 0.05) is 16.9 Å². The van der Waals surface area contributed by atoms with E-state index in [2.05, 4.69) is 21.2 Å². The predicted octanol–water partition coefficient (Wildman–Crippen LogP) is 3.18. The van der Waals surface area contributed by atoms with Gasteiger partial charge in [-0.2, -0.15) is 0 Å². The summed E-state index contributed by atoms with van der Waals surface area (Å²) >= 11 is 3.25. The zero-order valence-electron chi connectivity index (χ0n) is 9.90. The van der Waals surface area contributed by atoms with Crippen molar-refractivity contribution in [2.75, 3.05) is 5.33 Å². The van der Waals surface area contributed by atoms with Crippen LogP contribution in [-0.2, 0) is 0 Å². The second-order valence-corrected chi connectivity index (χ2v) is 5.11. The van der Waals surface area contributed by atoms with Gasteiger partial charge in [0.05, 0.1) is 5.56 Å². The molecule has 0 spiro atoms. The summed E-state index contributed by atoms with van der Waals surface area (Å²) in [6.45, 7) is 5.09. The fraction of sp³-hybridized carbons (Fsp3) is 0.417. The van der Waals surface area contributed by atoms with Crippen LogP contribution in [0.15, 0.2) is 12.1 Å². The second kappa shape index (κ2) is 5.12. The van der Waals surface area contributed by atoms with E-state index in [9.17, 15) is 13.6 Å². The molecule has 0 atom stereocenters. The molecule has 0 radical (unpaired) electrons. The lowest BCUT2D eigenvalue weighted by Crippen LogP contribution is -2.45. The third-order valence-electron chi connectivity index (χ3n) is 2.28. The van der Waals surface area contributed by atoms with E-state index in [0.29, 0.717) is 5.33 Å². The highest BCUT2D eigenvalue weighted by Gasteiger charge is 2.22. The molecule has 0 unspecified atom stereocenters. The first-order valence-corrected chi connectivity index (χ1v) is 6.23. The Morgan fingerprint density at radius 2 is 1.94 bits per heavy atom. The molecule has 0 aliphatic carbocycles. The number of amides is 1. The summed E-state index contributed by atoms with van der Waals surface area (Å²) in [6.07, 6.45) is 0. The second-order valence-electron chi connectivity index (χ2n) is 4.55. The number of aryl methyl sites for hydroxylation is 1. The molecular weight excluding hydrogens is 292 g/mol. The van der Waals surface area contributed by atoms with Crippen LogP contribution < -0.4 is 5.32 Å². The quantitative estimate of drug-likeness (QED) is 0.854. The Balaban J connectivity index is 3.01. The van der Waals surface area contributed by atoms with Crippen molar-refractivity contribution in [2.24, 2.45) is 0 Å². The molecule has 0 bridgehead atoms. The number of halogens is 3. The van der Waals surface area contributed by atoms with E-state index >= 15 is 0 Å². The molecule has 94 valence electrons. The third kappa shape index (κ3) is 3.49. The molecule has 1 amide bonds. The van der Waals surface area contributed by atoms with Crippen molar-refractivity contribution < 1.29 is 13.6 Å². The fourth-order valence-electron chi connectivity index (χ4n) is 1.24. The molecule has 0 aliphatic heterocycles. The summed E-state index contributed by atoms with van der Waals surface area (Å²) in [5.41, 5.74) is -0.391. The van der Waals surface area contributed by atoms with Crippen LogP contribution in [0.4, 0.5) is 8.78 Å². The van der Waals surface area contributed by atoms with Crippen LogP contribution in [0.25, 0.3) is 0 Å². The summed E-state index contributed by atoms with van der Waals surface area (Å²) in [5.74, 6) is -2.05. The van der Waals surface area contributed by atoms with Gasteiger partial charge in [-0.05, 0) is 32.4 Å². The first kappa shape index (κ1) is 14.1. The number of alkyl halides is 1. The molecule has 1 N–H and O–H groups in total. The number of carbonyl (C=O) groups is 1. The van der Waals surface area contributed by atoms with Crippen LogP contribution in [-0.4, -0.2) is 16.8 Å². The van der Waals surface area contributed by atoms with Gasteiger partial charge < -0.3 is 5.32 Å². The van der Waals surface area contributed by atoms with Gasteiger partial charge in [-0.15, -0.1) is 0 Å². The van der Waals surface area contributed by atoms with Crippen LogP contribution in [0.1, 0.15) is 29.8 Å². The molecule has 17 heavy (non-hydrogen) atoms. The van der Waals surface area contributed by atoms with E-state index in [1.165, 1.54) is 13.0 Å². The van der Waals surface area contributed by atoms with Crippen LogP contribution in [0.2, 0.25) is 0 Å². The lowest BCUT2D eigenvalue weighted by Gasteiger charge is -2.23. The summed E-state index contributed by atoms with van der Waals surface area (Å²) in [7, 11) is 0. The average Bonchev–Trinajstić information content (AvgIpc) is 2.22. The standard InChI is InChI=1S/C12H14BrF2NO/c1-7-4-8(10(15)5-9(7)14)11(17)16-12(2,3)6-13/h4-5H,6H2,1-3H3,(H,16,17). The molecule has 0 saturated heterocycles. The summed E-state index contributed by atoms with van der Waals surface area (Å²) in [5, 5.41) is 3.20. The Bertz CT molecular complexity index is 446.